The number of aryl methyl sites for hydroxylation is 3. The van der Waals surface area contributed by atoms with E-state index in [0.717, 1.165) is 23.1 Å². The highest BCUT2D eigenvalue weighted by Crippen LogP contribution is 2.37. The summed E-state index contributed by atoms with van der Waals surface area (Å²) in [5.74, 6) is 0.523. The molecule has 172 valence electrons. The van der Waals surface area contributed by atoms with Crippen LogP contribution in [0.4, 0.5) is 11.4 Å². The first kappa shape index (κ1) is 21.8. The molecule has 2 aliphatic rings. The Morgan fingerprint density at radius 1 is 0.824 bits per heavy atom. The first-order chi connectivity index (χ1) is 16.5. The van der Waals surface area contributed by atoms with Gasteiger partial charge in [0.05, 0.1) is 11.3 Å². The predicted octanol–water partition coefficient (Wildman–Crippen LogP) is 5.03. The number of benzene rings is 3. The van der Waals surface area contributed by atoms with Crippen molar-refractivity contribution in [2.75, 3.05) is 23.4 Å². The molecule has 34 heavy (non-hydrogen) atoms. The van der Waals surface area contributed by atoms with Crippen LogP contribution in [0.25, 0.3) is 5.57 Å². The maximum Gasteiger partial charge on any atom is 0.282 e. The molecule has 6 nitrogen and oxygen atoms in total. The van der Waals surface area contributed by atoms with E-state index in [4.69, 9.17) is 9.47 Å². The number of imide groups is 1. The molecular weight excluding hydrogens is 428 g/mol. The highest BCUT2D eigenvalue weighted by Gasteiger charge is 2.40. The first-order valence-corrected chi connectivity index (χ1v) is 11.4. The van der Waals surface area contributed by atoms with E-state index >= 15 is 0 Å². The molecule has 5 rings (SSSR count). The van der Waals surface area contributed by atoms with Crippen LogP contribution in [-0.4, -0.2) is 25.0 Å². The van der Waals surface area contributed by atoms with Crippen LogP contribution in [-0.2, 0) is 16.0 Å². The summed E-state index contributed by atoms with van der Waals surface area (Å²) < 4.78 is 11.3. The summed E-state index contributed by atoms with van der Waals surface area (Å²) in [5, 5.41) is 3.21. The van der Waals surface area contributed by atoms with Gasteiger partial charge < -0.3 is 14.8 Å². The molecule has 0 aliphatic carbocycles. The third kappa shape index (κ3) is 3.81. The van der Waals surface area contributed by atoms with E-state index in [1.54, 1.807) is 12.1 Å². The van der Waals surface area contributed by atoms with Crippen LogP contribution in [0.5, 0.6) is 11.5 Å². The van der Waals surface area contributed by atoms with E-state index < -0.39 is 5.91 Å². The fraction of sp³-hybridized carbons (Fsp3) is 0.214. The lowest BCUT2D eigenvalue weighted by molar-refractivity contribution is -0.120. The average Bonchev–Trinajstić information content (AvgIpc) is 3.10. The van der Waals surface area contributed by atoms with Crippen LogP contribution in [0.1, 0.15) is 29.2 Å². The van der Waals surface area contributed by atoms with Crippen molar-refractivity contribution < 1.29 is 19.1 Å². The van der Waals surface area contributed by atoms with Crippen molar-refractivity contribution in [1.82, 2.24) is 0 Å². The summed E-state index contributed by atoms with van der Waals surface area (Å²) in [6.07, 6.45) is 0.880. The van der Waals surface area contributed by atoms with Crippen molar-refractivity contribution in [3.05, 3.63) is 88.6 Å². The molecule has 0 saturated carbocycles. The number of anilines is 2. The first-order valence-electron chi connectivity index (χ1n) is 11.4. The molecule has 0 aromatic heterocycles. The number of hydrogen-bond donors (Lipinski definition) is 1. The second-order valence-electron chi connectivity index (χ2n) is 8.50. The van der Waals surface area contributed by atoms with Gasteiger partial charge in [-0.25, -0.2) is 4.90 Å². The number of nitrogens with zero attached hydrogens (tertiary/aromatic N) is 1. The molecule has 3 aromatic carbocycles. The molecule has 0 spiro atoms. The van der Waals surface area contributed by atoms with Crippen molar-refractivity contribution in [3.8, 4) is 11.5 Å². The second-order valence-corrected chi connectivity index (χ2v) is 8.50. The summed E-state index contributed by atoms with van der Waals surface area (Å²) in [4.78, 5) is 28.5. The lowest BCUT2D eigenvalue weighted by atomic mass is 9.99. The molecular formula is C28H26N2O4. The van der Waals surface area contributed by atoms with Crippen LogP contribution in [0.15, 0.2) is 66.4 Å². The van der Waals surface area contributed by atoms with Gasteiger partial charge in [0.25, 0.3) is 11.8 Å². The third-order valence-electron chi connectivity index (χ3n) is 6.29. The zero-order valence-electron chi connectivity index (χ0n) is 19.5. The van der Waals surface area contributed by atoms with Gasteiger partial charge in [0.2, 0.25) is 0 Å². The number of nitrogens with one attached hydrogen (secondary N) is 1. The lowest BCUT2D eigenvalue weighted by Crippen LogP contribution is -2.32. The summed E-state index contributed by atoms with van der Waals surface area (Å²) in [7, 11) is 0. The summed E-state index contributed by atoms with van der Waals surface area (Å²) in [6.45, 7) is 7.05. The molecule has 0 unspecified atom stereocenters. The minimum absolute atomic E-state index is 0.240. The molecule has 1 N–H and O–H groups in total. The summed E-state index contributed by atoms with van der Waals surface area (Å²) in [5.41, 5.74) is 5.79. The molecule has 2 heterocycles. The standard InChI is InChI=1S/C28H26N2O4/c1-4-19-6-10-22(11-7-19)30-27(31)25(20-8-5-17(2)18(3)15-20)26(28(30)32)29-21-9-12-23-24(16-21)34-14-13-33-23/h5-12,15-16,29H,4,13-14H2,1-3H3. The topological polar surface area (TPSA) is 67.9 Å². The van der Waals surface area contributed by atoms with Gasteiger partial charge in [0.15, 0.2) is 11.5 Å². The van der Waals surface area contributed by atoms with Gasteiger partial charge in [-0.05, 0) is 66.8 Å². The van der Waals surface area contributed by atoms with Gasteiger partial charge in [-0.2, -0.15) is 0 Å². The Morgan fingerprint density at radius 3 is 2.26 bits per heavy atom. The Balaban J connectivity index is 1.58. The van der Waals surface area contributed by atoms with Crippen LogP contribution < -0.4 is 19.7 Å². The highest BCUT2D eigenvalue weighted by atomic mass is 16.6. The minimum Gasteiger partial charge on any atom is -0.486 e. The number of carbonyl (C=O) groups is 2. The monoisotopic (exact) mass is 454 g/mol. The van der Waals surface area contributed by atoms with E-state index in [0.29, 0.717) is 47.2 Å². The Labute approximate surface area is 198 Å². The van der Waals surface area contributed by atoms with E-state index in [2.05, 4.69) is 12.2 Å². The van der Waals surface area contributed by atoms with Crippen molar-refractivity contribution in [1.29, 1.82) is 0 Å². The van der Waals surface area contributed by atoms with Gasteiger partial charge in [-0.1, -0.05) is 37.3 Å². The van der Waals surface area contributed by atoms with Crippen LogP contribution in [0.2, 0.25) is 0 Å². The fourth-order valence-electron chi connectivity index (χ4n) is 4.19. The number of rotatable bonds is 5. The van der Waals surface area contributed by atoms with E-state index in [9.17, 15) is 9.59 Å². The molecule has 0 saturated heterocycles. The highest BCUT2D eigenvalue weighted by molar-refractivity contribution is 6.46. The van der Waals surface area contributed by atoms with Crippen molar-refractivity contribution in [2.24, 2.45) is 0 Å². The Hall–Kier alpha value is -4.06. The van der Waals surface area contributed by atoms with Crippen molar-refractivity contribution >= 4 is 28.8 Å². The van der Waals surface area contributed by atoms with Gasteiger partial charge in [0.1, 0.15) is 18.9 Å². The lowest BCUT2D eigenvalue weighted by Gasteiger charge is -2.19. The van der Waals surface area contributed by atoms with Gasteiger partial charge in [0, 0.05) is 11.8 Å². The predicted molar refractivity (Wildman–Crippen MR) is 132 cm³/mol. The third-order valence-corrected chi connectivity index (χ3v) is 6.29. The summed E-state index contributed by atoms with van der Waals surface area (Å²) >= 11 is 0. The van der Waals surface area contributed by atoms with E-state index in [-0.39, 0.29) is 11.6 Å². The normalized spacial score (nSPS) is 15.2. The fourth-order valence-corrected chi connectivity index (χ4v) is 4.19. The summed E-state index contributed by atoms with van der Waals surface area (Å²) in [6, 6.07) is 18.7. The SMILES string of the molecule is CCc1ccc(N2C(=O)C(Nc3ccc4c(c3)OCCO4)=C(c3ccc(C)c(C)c3)C2=O)cc1. The van der Waals surface area contributed by atoms with Crippen LogP contribution in [0, 0.1) is 13.8 Å². The molecule has 2 aliphatic heterocycles. The van der Waals surface area contributed by atoms with E-state index in [1.807, 2.05) is 62.4 Å². The molecule has 6 heteroatoms. The molecule has 0 bridgehead atoms. The zero-order chi connectivity index (χ0) is 23.8. The van der Waals surface area contributed by atoms with Crippen molar-refractivity contribution in [2.45, 2.75) is 27.2 Å². The quantitative estimate of drug-likeness (QED) is 0.548. The average molecular weight is 455 g/mol. The molecule has 0 fully saturated rings. The minimum atomic E-state index is -0.391. The van der Waals surface area contributed by atoms with E-state index in [1.165, 1.54) is 4.90 Å². The second kappa shape index (κ2) is 8.71. The van der Waals surface area contributed by atoms with Gasteiger partial charge >= 0.3 is 0 Å². The number of ether oxygens (including phenoxy) is 2. The maximum absolute atomic E-state index is 13.7. The Bertz CT molecular complexity index is 1320. The Kier molecular flexibility index (Phi) is 5.57. The number of hydrogen-bond acceptors (Lipinski definition) is 5. The number of amides is 2. The number of fused-ring (bicyclic) bond motifs is 1. The van der Waals surface area contributed by atoms with Crippen molar-refractivity contribution in [3.63, 3.8) is 0 Å². The van der Waals surface area contributed by atoms with Gasteiger partial charge in [-0.3, -0.25) is 9.59 Å². The smallest absolute Gasteiger partial charge is 0.282 e. The molecule has 2 amide bonds. The number of carbonyl (C=O) groups excluding carboxylic acids is 2. The zero-order valence-corrected chi connectivity index (χ0v) is 19.5. The Morgan fingerprint density at radius 2 is 1.56 bits per heavy atom. The van der Waals surface area contributed by atoms with Gasteiger partial charge in [-0.15, -0.1) is 0 Å². The molecule has 0 radical (unpaired) electrons. The van der Waals surface area contributed by atoms with Crippen LogP contribution in [0.3, 0.4) is 0 Å². The largest absolute Gasteiger partial charge is 0.486 e. The maximum atomic E-state index is 13.7. The molecule has 3 aromatic rings. The van der Waals surface area contributed by atoms with Crippen LogP contribution >= 0.6 is 0 Å². The molecule has 0 atom stereocenters.